The molecular formula is C8H9F3N2O2. The second kappa shape index (κ2) is 3.92. The molecule has 1 unspecified atom stereocenters. The van der Waals surface area contributed by atoms with Crippen molar-refractivity contribution >= 4 is 5.97 Å². The molecule has 0 bridgehead atoms. The molecule has 4 nitrogen and oxygen atoms in total. The molecule has 1 N–H and O–H groups in total. The third-order valence-corrected chi connectivity index (χ3v) is 1.84. The summed E-state index contributed by atoms with van der Waals surface area (Å²) >= 11 is 0. The first-order valence-electron chi connectivity index (χ1n) is 4.13. The van der Waals surface area contributed by atoms with Crippen LogP contribution in [0.3, 0.4) is 0 Å². The summed E-state index contributed by atoms with van der Waals surface area (Å²) in [5, 5.41) is 12.0. The molecule has 0 amide bonds. The zero-order valence-electron chi connectivity index (χ0n) is 7.82. The van der Waals surface area contributed by atoms with Crippen LogP contribution >= 0.6 is 0 Å². The minimum atomic E-state index is -4.44. The van der Waals surface area contributed by atoms with Gasteiger partial charge in [0.25, 0.3) is 0 Å². The van der Waals surface area contributed by atoms with Gasteiger partial charge in [-0.15, -0.1) is 0 Å². The topological polar surface area (TPSA) is 55.1 Å². The number of rotatable bonds is 3. The van der Waals surface area contributed by atoms with Crippen molar-refractivity contribution < 1.29 is 23.1 Å². The van der Waals surface area contributed by atoms with E-state index in [1.54, 1.807) is 0 Å². The van der Waals surface area contributed by atoms with Crippen LogP contribution in [0.5, 0.6) is 0 Å². The zero-order chi connectivity index (χ0) is 11.6. The summed E-state index contributed by atoms with van der Waals surface area (Å²) in [6, 6.07) is 0. The molecule has 0 aliphatic heterocycles. The van der Waals surface area contributed by atoms with Crippen molar-refractivity contribution in [1.29, 1.82) is 0 Å². The Hall–Kier alpha value is -1.53. The first kappa shape index (κ1) is 11.5. The van der Waals surface area contributed by atoms with Gasteiger partial charge in [-0.3, -0.25) is 9.48 Å². The SMILES string of the molecule is CC(Cn1cc(C(F)(F)F)cn1)C(=O)O. The number of nitrogens with zero attached hydrogens (tertiary/aromatic N) is 2. The molecule has 15 heavy (non-hydrogen) atoms. The minimum absolute atomic E-state index is 0.0780. The molecule has 0 radical (unpaired) electrons. The van der Waals surface area contributed by atoms with Gasteiger partial charge in [0, 0.05) is 6.20 Å². The molecule has 1 heterocycles. The molecule has 0 aromatic carbocycles. The van der Waals surface area contributed by atoms with E-state index in [4.69, 9.17) is 5.11 Å². The fraction of sp³-hybridized carbons (Fsp3) is 0.500. The van der Waals surface area contributed by atoms with Gasteiger partial charge in [-0.25, -0.2) is 0 Å². The Kier molecular flexibility index (Phi) is 3.01. The van der Waals surface area contributed by atoms with E-state index in [9.17, 15) is 18.0 Å². The maximum absolute atomic E-state index is 12.1. The van der Waals surface area contributed by atoms with Gasteiger partial charge in [-0.05, 0) is 0 Å². The van der Waals surface area contributed by atoms with Crippen LogP contribution in [0.2, 0.25) is 0 Å². The van der Waals surface area contributed by atoms with Crippen molar-refractivity contribution in [2.45, 2.75) is 19.6 Å². The number of aromatic nitrogens is 2. The van der Waals surface area contributed by atoms with Crippen molar-refractivity contribution in [3.05, 3.63) is 18.0 Å². The van der Waals surface area contributed by atoms with E-state index in [1.807, 2.05) is 0 Å². The van der Waals surface area contributed by atoms with E-state index in [1.165, 1.54) is 6.92 Å². The van der Waals surface area contributed by atoms with Gasteiger partial charge in [-0.2, -0.15) is 18.3 Å². The summed E-state index contributed by atoms with van der Waals surface area (Å²) in [4.78, 5) is 10.4. The molecule has 84 valence electrons. The van der Waals surface area contributed by atoms with Crippen LogP contribution in [0, 0.1) is 5.92 Å². The lowest BCUT2D eigenvalue weighted by molar-refractivity contribution is -0.141. The number of halogens is 3. The van der Waals surface area contributed by atoms with Crippen LogP contribution in [0.25, 0.3) is 0 Å². The summed E-state index contributed by atoms with van der Waals surface area (Å²) in [7, 11) is 0. The summed E-state index contributed by atoms with van der Waals surface area (Å²) in [5.41, 5.74) is -0.875. The van der Waals surface area contributed by atoms with E-state index in [2.05, 4.69) is 5.10 Å². The highest BCUT2D eigenvalue weighted by Crippen LogP contribution is 2.28. The van der Waals surface area contributed by atoms with Crippen molar-refractivity contribution in [2.24, 2.45) is 5.92 Å². The Morgan fingerprint density at radius 3 is 2.67 bits per heavy atom. The van der Waals surface area contributed by atoms with Crippen LogP contribution < -0.4 is 0 Å². The summed E-state index contributed by atoms with van der Waals surface area (Å²) in [6.07, 6.45) is -2.97. The average Bonchev–Trinajstić information content (AvgIpc) is 2.51. The smallest absolute Gasteiger partial charge is 0.419 e. The number of carboxylic acids is 1. The molecule has 0 saturated heterocycles. The van der Waals surface area contributed by atoms with E-state index in [-0.39, 0.29) is 6.54 Å². The van der Waals surface area contributed by atoms with Crippen LogP contribution in [-0.4, -0.2) is 20.9 Å². The fourth-order valence-corrected chi connectivity index (χ4v) is 0.968. The molecule has 0 fully saturated rings. The predicted molar refractivity (Wildman–Crippen MR) is 44.0 cm³/mol. The first-order valence-corrected chi connectivity index (χ1v) is 4.13. The maximum atomic E-state index is 12.1. The van der Waals surface area contributed by atoms with Gasteiger partial charge < -0.3 is 5.11 Å². The molecule has 0 saturated carbocycles. The van der Waals surface area contributed by atoms with E-state index in [0.29, 0.717) is 6.20 Å². The number of aliphatic carboxylic acids is 1. The van der Waals surface area contributed by atoms with Gasteiger partial charge in [0.2, 0.25) is 0 Å². The van der Waals surface area contributed by atoms with Crippen molar-refractivity contribution in [3.63, 3.8) is 0 Å². The highest BCUT2D eigenvalue weighted by molar-refractivity contribution is 5.69. The minimum Gasteiger partial charge on any atom is -0.481 e. The quantitative estimate of drug-likeness (QED) is 0.845. The Bertz CT molecular complexity index is 359. The second-order valence-electron chi connectivity index (χ2n) is 3.19. The molecule has 1 aromatic heterocycles. The standard InChI is InChI=1S/C8H9F3N2O2/c1-5(7(14)15)3-13-4-6(2-12-13)8(9,10)11/h2,4-5H,3H2,1H3,(H,14,15). The third-order valence-electron chi connectivity index (χ3n) is 1.84. The van der Waals surface area contributed by atoms with Gasteiger partial charge in [0.1, 0.15) is 0 Å². The van der Waals surface area contributed by atoms with E-state index in [0.717, 1.165) is 10.9 Å². The summed E-state index contributed by atoms with van der Waals surface area (Å²) in [5.74, 6) is -1.84. The Balaban J connectivity index is 2.73. The molecule has 7 heteroatoms. The third kappa shape index (κ3) is 2.97. The van der Waals surface area contributed by atoms with Gasteiger partial charge in [-0.1, -0.05) is 6.92 Å². The van der Waals surface area contributed by atoms with Crippen LogP contribution in [0.4, 0.5) is 13.2 Å². The Morgan fingerprint density at radius 1 is 1.67 bits per heavy atom. The Labute approximate surface area is 83.3 Å². The molecule has 0 aliphatic rings. The van der Waals surface area contributed by atoms with Crippen molar-refractivity contribution in [3.8, 4) is 0 Å². The van der Waals surface area contributed by atoms with Crippen LogP contribution in [-0.2, 0) is 17.5 Å². The number of carbonyl (C=O) groups is 1. The molecule has 0 aliphatic carbocycles. The summed E-state index contributed by atoms with van der Waals surface area (Å²) < 4.78 is 37.4. The Morgan fingerprint density at radius 2 is 2.27 bits per heavy atom. The lowest BCUT2D eigenvalue weighted by Gasteiger charge is -2.05. The highest BCUT2D eigenvalue weighted by atomic mass is 19.4. The lowest BCUT2D eigenvalue weighted by atomic mass is 10.2. The largest absolute Gasteiger partial charge is 0.481 e. The predicted octanol–water partition coefficient (Wildman–Crippen LogP) is 1.62. The van der Waals surface area contributed by atoms with Crippen molar-refractivity contribution in [1.82, 2.24) is 9.78 Å². The van der Waals surface area contributed by atoms with Crippen molar-refractivity contribution in [2.75, 3.05) is 0 Å². The number of hydrogen-bond donors (Lipinski definition) is 1. The highest BCUT2D eigenvalue weighted by Gasteiger charge is 2.32. The van der Waals surface area contributed by atoms with E-state index < -0.39 is 23.6 Å². The second-order valence-corrected chi connectivity index (χ2v) is 3.19. The molecule has 1 atom stereocenters. The molecule has 1 aromatic rings. The lowest BCUT2D eigenvalue weighted by Crippen LogP contribution is -2.17. The molecular weight excluding hydrogens is 213 g/mol. The zero-order valence-corrected chi connectivity index (χ0v) is 7.82. The van der Waals surface area contributed by atoms with Crippen LogP contribution in [0.15, 0.2) is 12.4 Å². The monoisotopic (exact) mass is 222 g/mol. The van der Waals surface area contributed by atoms with Gasteiger partial charge >= 0.3 is 12.1 Å². The molecule has 0 spiro atoms. The maximum Gasteiger partial charge on any atom is 0.419 e. The van der Waals surface area contributed by atoms with E-state index >= 15 is 0 Å². The average molecular weight is 222 g/mol. The molecule has 1 rings (SSSR count). The summed E-state index contributed by atoms with van der Waals surface area (Å²) in [6.45, 7) is 1.32. The van der Waals surface area contributed by atoms with Gasteiger partial charge in [0.05, 0.1) is 24.2 Å². The number of hydrogen-bond acceptors (Lipinski definition) is 2. The van der Waals surface area contributed by atoms with Crippen LogP contribution in [0.1, 0.15) is 12.5 Å². The fourth-order valence-electron chi connectivity index (χ4n) is 0.968. The number of carboxylic acid groups (broad SMARTS) is 1. The normalized spacial score (nSPS) is 13.9. The van der Waals surface area contributed by atoms with Gasteiger partial charge in [0.15, 0.2) is 0 Å². The number of alkyl halides is 3. The first-order chi connectivity index (χ1) is 6.80.